The molecule has 0 fully saturated rings. The van der Waals surface area contributed by atoms with Crippen LogP contribution in [0.15, 0.2) is 0 Å². The molecule has 1 unspecified atom stereocenters. The molecule has 10 heavy (non-hydrogen) atoms. The zero-order valence-corrected chi connectivity index (χ0v) is 5.20. The lowest BCUT2D eigenvalue weighted by Gasteiger charge is -2.10. The predicted molar refractivity (Wildman–Crippen MR) is 30.1 cm³/mol. The average Bonchev–Trinajstić information content (AvgIpc) is 2.00. The quantitative estimate of drug-likeness (QED) is 0.446. The Morgan fingerprint density at radius 2 is 2.00 bits per heavy atom. The molecule has 0 aromatic carbocycles. The number of carbonyl (C=O) groups is 1. The molecule has 0 amide bonds. The summed E-state index contributed by atoms with van der Waals surface area (Å²) in [5.74, 6) is -0.981. The van der Waals surface area contributed by atoms with E-state index in [4.69, 9.17) is 15.3 Å². The van der Waals surface area contributed by atoms with E-state index in [2.05, 4.69) is 0 Å². The van der Waals surface area contributed by atoms with Crippen LogP contribution in [-0.2, 0) is 4.79 Å². The van der Waals surface area contributed by atoms with Gasteiger partial charge in [-0.05, 0) is 0 Å². The Kier molecular flexibility index (Phi) is 4.10. The number of aliphatic hydroxyl groups excluding tert-OH is 3. The van der Waals surface area contributed by atoms with Gasteiger partial charge in [0.05, 0.1) is 0 Å². The Morgan fingerprint density at radius 3 is 2.30 bits per heavy atom. The molecule has 0 saturated carbocycles. The second kappa shape index (κ2) is 4.32. The lowest BCUT2D eigenvalue weighted by atomic mass is 10.1. The average molecular weight is 152 g/mol. The van der Waals surface area contributed by atoms with Crippen LogP contribution in [0.25, 0.3) is 0 Å². The molecule has 0 saturated heterocycles. The lowest BCUT2D eigenvalue weighted by Crippen LogP contribution is -2.36. The van der Waals surface area contributed by atoms with Gasteiger partial charge in [-0.2, -0.15) is 0 Å². The summed E-state index contributed by atoms with van der Waals surface area (Å²) in [6.45, 7) is -2.09. The van der Waals surface area contributed by atoms with Gasteiger partial charge in [0.25, 0.3) is 0 Å². The molecule has 2 atom stereocenters. The number of halogens is 1. The van der Waals surface area contributed by atoms with E-state index in [1.165, 1.54) is 0 Å². The second-order valence-electron chi connectivity index (χ2n) is 1.79. The van der Waals surface area contributed by atoms with Crippen molar-refractivity contribution in [2.45, 2.75) is 12.2 Å². The molecule has 0 radical (unpaired) electrons. The number of ketones is 1. The summed E-state index contributed by atoms with van der Waals surface area (Å²) in [7, 11) is 0. The Balaban J connectivity index is 3.81. The van der Waals surface area contributed by atoms with Crippen molar-refractivity contribution in [1.82, 2.24) is 0 Å². The van der Waals surface area contributed by atoms with Gasteiger partial charge in [0.1, 0.15) is 25.5 Å². The maximum atomic E-state index is 11.5. The van der Waals surface area contributed by atoms with Crippen LogP contribution >= 0.6 is 0 Å². The van der Waals surface area contributed by atoms with E-state index in [9.17, 15) is 9.18 Å². The maximum Gasteiger partial charge on any atom is 0.189 e. The van der Waals surface area contributed by atoms with Crippen molar-refractivity contribution in [2.75, 3.05) is 13.3 Å². The van der Waals surface area contributed by atoms with Gasteiger partial charge >= 0.3 is 0 Å². The third kappa shape index (κ3) is 2.38. The summed E-state index contributed by atoms with van der Waals surface area (Å²) in [5.41, 5.74) is 0. The number of aliphatic hydroxyl groups is 3. The van der Waals surface area contributed by atoms with Crippen LogP contribution < -0.4 is 0 Å². The maximum absolute atomic E-state index is 11.5. The fourth-order valence-electron chi connectivity index (χ4n) is 0.392. The molecule has 0 spiro atoms. The summed E-state index contributed by atoms with van der Waals surface area (Å²) in [5, 5.41) is 25.2. The third-order valence-corrected chi connectivity index (χ3v) is 1.01. The summed E-state index contributed by atoms with van der Waals surface area (Å²) in [6.07, 6.45) is -3.53. The van der Waals surface area contributed by atoms with E-state index in [-0.39, 0.29) is 0 Å². The first-order valence-electron chi connectivity index (χ1n) is 2.69. The molecule has 0 rings (SSSR count). The number of carbonyl (C=O) groups excluding carboxylic acids is 1. The fraction of sp³-hybridized carbons (Fsp3) is 0.800. The van der Waals surface area contributed by atoms with E-state index in [1.807, 2.05) is 0 Å². The predicted octanol–water partition coefficient (Wildman–Crippen LogP) is -1.76. The highest BCUT2D eigenvalue weighted by atomic mass is 19.1. The lowest BCUT2D eigenvalue weighted by molar-refractivity contribution is -0.136. The van der Waals surface area contributed by atoms with Crippen molar-refractivity contribution >= 4 is 5.78 Å². The first kappa shape index (κ1) is 9.48. The van der Waals surface area contributed by atoms with Crippen molar-refractivity contribution in [3.63, 3.8) is 0 Å². The molecule has 60 valence electrons. The second-order valence-corrected chi connectivity index (χ2v) is 1.79. The molecule has 4 nitrogen and oxygen atoms in total. The summed E-state index contributed by atoms with van der Waals surface area (Å²) in [6, 6.07) is 0. The molecule has 0 heterocycles. The van der Waals surface area contributed by atoms with E-state index >= 15 is 0 Å². The van der Waals surface area contributed by atoms with Crippen LogP contribution in [-0.4, -0.2) is 46.6 Å². The Bertz CT molecular complexity index is 116. The molecule has 0 aliphatic rings. The molecule has 5 heteroatoms. The highest BCUT2D eigenvalue weighted by Gasteiger charge is 2.22. The first-order chi connectivity index (χ1) is 4.63. The molecule has 0 aromatic rings. The smallest absolute Gasteiger partial charge is 0.189 e. The molecule has 3 N–H and O–H groups in total. The van der Waals surface area contributed by atoms with Crippen molar-refractivity contribution < 1.29 is 24.5 Å². The molecular formula is C5H9FO4. The van der Waals surface area contributed by atoms with Gasteiger partial charge in [-0.25, -0.2) is 4.39 Å². The van der Waals surface area contributed by atoms with Crippen molar-refractivity contribution in [3.05, 3.63) is 0 Å². The normalized spacial score (nSPS) is 16.4. The largest absolute Gasteiger partial charge is 0.388 e. The summed E-state index contributed by atoms with van der Waals surface area (Å²) >= 11 is 0. The molecule has 0 aliphatic carbocycles. The minimum atomic E-state index is -1.81. The topological polar surface area (TPSA) is 77.8 Å². The number of rotatable bonds is 4. The van der Waals surface area contributed by atoms with Crippen molar-refractivity contribution in [1.29, 1.82) is 0 Å². The minimum Gasteiger partial charge on any atom is -0.388 e. The number of Topliss-reactive ketones (excluding diaryl/α,β-unsaturated/α-hetero) is 1. The van der Waals surface area contributed by atoms with E-state index < -0.39 is 31.3 Å². The van der Waals surface area contributed by atoms with Crippen LogP contribution in [0, 0.1) is 0 Å². The first-order valence-corrected chi connectivity index (χ1v) is 2.69. The highest BCUT2D eigenvalue weighted by molar-refractivity contribution is 5.84. The van der Waals surface area contributed by atoms with Crippen LogP contribution in [0.4, 0.5) is 4.39 Å². The van der Waals surface area contributed by atoms with E-state index in [1.54, 1.807) is 0 Å². The Morgan fingerprint density at radius 1 is 1.50 bits per heavy atom. The summed E-state index contributed by atoms with van der Waals surface area (Å²) in [4.78, 5) is 10.3. The minimum absolute atomic E-state index is 0.891. The van der Waals surface area contributed by atoms with Crippen LogP contribution in [0.3, 0.4) is 0 Å². The Labute approximate surface area is 56.9 Å². The van der Waals surface area contributed by atoms with Crippen molar-refractivity contribution in [2.24, 2.45) is 0 Å². The van der Waals surface area contributed by atoms with Gasteiger partial charge in [-0.1, -0.05) is 0 Å². The van der Waals surface area contributed by atoms with E-state index in [0.717, 1.165) is 0 Å². The fourth-order valence-corrected chi connectivity index (χ4v) is 0.392. The molecule has 0 bridgehead atoms. The Hall–Kier alpha value is -0.520. The van der Waals surface area contributed by atoms with Gasteiger partial charge in [0.2, 0.25) is 0 Å². The van der Waals surface area contributed by atoms with Crippen LogP contribution in [0.1, 0.15) is 0 Å². The van der Waals surface area contributed by atoms with Gasteiger partial charge in [-0.15, -0.1) is 0 Å². The zero-order valence-electron chi connectivity index (χ0n) is 5.20. The highest BCUT2D eigenvalue weighted by Crippen LogP contribution is 1.95. The number of alkyl halides is 1. The van der Waals surface area contributed by atoms with Crippen molar-refractivity contribution in [3.8, 4) is 0 Å². The standard InChI is InChI=1S/C5H9FO4/c6-1-3(8)5(10)4(9)2-7/h3,5,7-8,10H,1-2H2/t3?,5-/m0/s1. The van der Waals surface area contributed by atoms with Gasteiger partial charge in [0, 0.05) is 0 Å². The molecular weight excluding hydrogens is 143 g/mol. The third-order valence-electron chi connectivity index (χ3n) is 1.01. The van der Waals surface area contributed by atoms with Gasteiger partial charge < -0.3 is 15.3 Å². The number of hydrogen-bond donors (Lipinski definition) is 3. The van der Waals surface area contributed by atoms with E-state index in [0.29, 0.717) is 0 Å². The molecule has 0 aliphatic heterocycles. The molecule has 0 aromatic heterocycles. The summed E-state index contributed by atoms with van der Waals surface area (Å²) < 4.78 is 11.5. The monoisotopic (exact) mass is 152 g/mol. The zero-order chi connectivity index (χ0) is 8.15. The van der Waals surface area contributed by atoms with Gasteiger partial charge in [-0.3, -0.25) is 4.79 Å². The van der Waals surface area contributed by atoms with Gasteiger partial charge in [0.15, 0.2) is 5.78 Å². The number of hydrogen-bond acceptors (Lipinski definition) is 4. The van der Waals surface area contributed by atoms with Crippen LogP contribution in [0.2, 0.25) is 0 Å². The van der Waals surface area contributed by atoms with Crippen LogP contribution in [0.5, 0.6) is 0 Å². The SMILES string of the molecule is O=C(CO)[C@@H](O)C(O)CF.